The number of hydrogen-bond acceptors (Lipinski definition) is 2. The van der Waals surface area contributed by atoms with Gasteiger partial charge in [-0.25, -0.2) is 0 Å². The first-order valence-corrected chi connectivity index (χ1v) is 9.48. The number of amides is 1. The number of nitrogens with zero attached hydrogens (tertiary/aromatic N) is 1. The van der Waals surface area contributed by atoms with Gasteiger partial charge in [0.25, 0.3) is 5.91 Å². The third-order valence-electron chi connectivity index (χ3n) is 3.66. The van der Waals surface area contributed by atoms with Gasteiger partial charge in [-0.2, -0.15) is 0 Å². The van der Waals surface area contributed by atoms with Crippen molar-refractivity contribution in [3.05, 3.63) is 61.6 Å². The molecule has 0 fully saturated rings. The maximum Gasteiger partial charge on any atom is 0.256 e. The fourth-order valence-electron chi connectivity index (χ4n) is 2.32. The standard InChI is InChI=1S/C18H20BrIN2O/c1-3-22(4-2)12-13-6-5-7-15(10-13)21-18(23)16-11-14(19)8-9-17(16)20/h5-11H,3-4,12H2,1-2H3,(H,21,23). The maximum atomic E-state index is 12.5. The minimum absolute atomic E-state index is 0.0873. The molecular weight excluding hydrogens is 467 g/mol. The van der Waals surface area contributed by atoms with Crippen LogP contribution in [0.5, 0.6) is 0 Å². The summed E-state index contributed by atoms with van der Waals surface area (Å²) < 4.78 is 1.83. The highest BCUT2D eigenvalue weighted by molar-refractivity contribution is 14.1. The highest BCUT2D eigenvalue weighted by Crippen LogP contribution is 2.20. The molecule has 2 aromatic carbocycles. The molecule has 23 heavy (non-hydrogen) atoms. The summed E-state index contributed by atoms with van der Waals surface area (Å²) in [5.74, 6) is -0.0873. The zero-order valence-corrected chi connectivity index (χ0v) is 17.0. The molecule has 5 heteroatoms. The van der Waals surface area contributed by atoms with Crippen LogP contribution in [0.4, 0.5) is 5.69 Å². The van der Waals surface area contributed by atoms with Crippen LogP contribution in [0.25, 0.3) is 0 Å². The third kappa shape index (κ3) is 5.29. The Bertz CT molecular complexity index is 686. The topological polar surface area (TPSA) is 32.3 Å². The molecule has 0 atom stereocenters. The lowest BCUT2D eigenvalue weighted by atomic mass is 10.1. The number of halogens is 2. The molecule has 1 amide bonds. The van der Waals surface area contributed by atoms with Crippen LogP contribution in [0.3, 0.4) is 0 Å². The molecule has 0 aliphatic heterocycles. The van der Waals surface area contributed by atoms with Crippen LogP contribution in [-0.4, -0.2) is 23.9 Å². The van der Waals surface area contributed by atoms with Crippen molar-refractivity contribution in [2.45, 2.75) is 20.4 Å². The van der Waals surface area contributed by atoms with Gasteiger partial charge in [-0.15, -0.1) is 0 Å². The van der Waals surface area contributed by atoms with Crippen molar-refractivity contribution in [3.63, 3.8) is 0 Å². The van der Waals surface area contributed by atoms with E-state index in [1.165, 1.54) is 5.56 Å². The van der Waals surface area contributed by atoms with Gasteiger partial charge < -0.3 is 5.32 Å². The summed E-state index contributed by atoms with van der Waals surface area (Å²) in [6, 6.07) is 13.8. The summed E-state index contributed by atoms with van der Waals surface area (Å²) in [7, 11) is 0. The van der Waals surface area contributed by atoms with Crippen LogP contribution in [-0.2, 0) is 6.54 Å². The predicted molar refractivity (Wildman–Crippen MR) is 108 cm³/mol. The highest BCUT2D eigenvalue weighted by atomic mass is 127. The summed E-state index contributed by atoms with van der Waals surface area (Å²) in [6.07, 6.45) is 0. The maximum absolute atomic E-state index is 12.5. The minimum Gasteiger partial charge on any atom is -0.322 e. The molecule has 0 saturated carbocycles. The number of carbonyl (C=O) groups excluding carboxylic acids is 1. The number of benzene rings is 2. The summed E-state index contributed by atoms with van der Waals surface area (Å²) in [4.78, 5) is 14.8. The molecule has 0 radical (unpaired) electrons. The van der Waals surface area contributed by atoms with E-state index in [2.05, 4.69) is 68.7 Å². The molecule has 0 bridgehead atoms. The van der Waals surface area contributed by atoms with Crippen LogP contribution in [0, 0.1) is 3.57 Å². The largest absolute Gasteiger partial charge is 0.322 e. The van der Waals surface area contributed by atoms with Crippen molar-refractivity contribution in [3.8, 4) is 0 Å². The summed E-state index contributed by atoms with van der Waals surface area (Å²) in [6.45, 7) is 7.24. The first-order chi connectivity index (χ1) is 11.0. The average Bonchev–Trinajstić information content (AvgIpc) is 2.55. The molecule has 0 heterocycles. The molecule has 2 rings (SSSR count). The van der Waals surface area contributed by atoms with Crippen molar-refractivity contribution in [2.75, 3.05) is 18.4 Å². The first-order valence-electron chi connectivity index (χ1n) is 7.61. The van der Waals surface area contributed by atoms with E-state index in [0.29, 0.717) is 5.56 Å². The fraction of sp³-hybridized carbons (Fsp3) is 0.278. The normalized spacial score (nSPS) is 10.8. The van der Waals surface area contributed by atoms with E-state index in [1.807, 2.05) is 36.4 Å². The number of anilines is 1. The molecule has 2 aromatic rings. The Hall–Kier alpha value is -0.920. The predicted octanol–water partition coefficient (Wildman–Crippen LogP) is 5.15. The van der Waals surface area contributed by atoms with E-state index in [-0.39, 0.29) is 5.91 Å². The Labute approximate surface area is 159 Å². The Morgan fingerprint density at radius 1 is 1.17 bits per heavy atom. The van der Waals surface area contributed by atoms with Gasteiger partial charge in [-0.05, 0) is 71.6 Å². The number of rotatable bonds is 6. The second kappa shape index (κ2) is 8.80. The van der Waals surface area contributed by atoms with Gasteiger partial charge in [-0.3, -0.25) is 9.69 Å². The van der Waals surface area contributed by atoms with Gasteiger partial charge in [0.15, 0.2) is 0 Å². The second-order valence-corrected chi connectivity index (χ2v) is 7.32. The molecule has 3 nitrogen and oxygen atoms in total. The van der Waals surface area contributed by atoms with Crippen LogP contribution < -0.4 is 5.32 Å². The Balaban J connectivity index is 2.13. The number of nitrogens with one attached hydrogen (secondary N) is 1. The van der Waals surface area contributed by atoms with E-state index in [9.17, 15) is 4.79 Å². The van der Waals surface area contributed by atoms with Gasteiger partial charge in [-0.1, -0.05) is 41.9 Å². The SMILES string of the molecule is CCN(CC)Cc1cccc(NC(=O)c2cc(Br)ccc2I)c1. The monoisotopic (exact) mass is 486 g/mol. The molecule has 1 N–H and O–H groups in total. The molecule has 122 valence electrons. The van der Waals surface area contributed by atoms with E-state index < -0.39 is 0 Å². The van der Waals surface area contributed by atoms with E-state index in [4.69, 9.17) is 0 Å². The van der Waals surface area contributed by atoms with Gasteiger partial charge in [0.2, 0.25) is 0 Å². The summed E-state index contributed by atoms with van der Waals surface area (Å²) >= 11 is 5.60. The zero-order chi connectivity index (χ0) is 16.8. The molecule has 0 aliphatic carbocycles. The molecule has 0 spiro atoms. The van der Waals surface area contributed by atoms with Gasteiger partial charge in [0.1, 0.15) is 0 Å². The third-order valence-corrected chi connectivity index (χ3v) is 5.09. The summed E-state index contributed by atoms with van der Waals surface area (Å²) in [5.41, 5.74) is 2.71. The zero-order valence-electron chi connectivity index (χ0n) is 13.3. The second-order valence-electron chi connectivity index (χ2n) is 5.24. The van der Waals surface area contributed by atoms with Gasteiger partial charge >= 0.3 is 0 Å². The van der Waals surface area contributed by atoms with Crippen LogP contribution >= 0.6 is 38.5 Å². The summed E-state index contributed by atoms with van der Waals surface area (Å²) in [5, 5.41) is 2.99. The fourth-order valence-corrected chi connectivity index (χ4v) is 3.26. The molecule has 0 unspecified atom stereocenters. The van der Waals surface area contributed by atoms with Crippen LogP contribution in [0.2, 0.25) is 0 Å². The number of carbonyl (C=O) groups is 1. The quantitative estimate of drug-likeness (QED) is 0.573. The highest BCUT2D eigenvalue weighted by Gasteiger charge is 2.11. The lowest BCUT2D eigenvalue weighted by Gasteiger charge is -2.18. The first kappa shape index (κ1) is 18.4. The van der Waals surface area contributed by atoms with Crippen molar-refractivity contribution >= 4 is 50.1 Å². The number of hydrogen-bond donors (Lipinski definition) is 1. The lowest BCUT2D eigenvalue weighted by Crippen LogP contribution is -2.22. The van der Waals surface area contributed by atoms with Crippen LogP contribution in [0.15, 0.2) is 46.9 Å². The van der Waals surface area contributed by atoms with Crippen molar-refractivity contribution < 1.29 is 4.79 Å². The van der Waals surface area contributed by atoms with Crippen molar-refractivity contribution in [1.29, 1.82) is 0 Å². The molecular formula is C18H20BrIN2O. The van der Waals surface area contributed by atoms with Gasteiger partial charge in [0.05, 0.1) is 5.56 Å². The molecule has 0 saturated heterocycles. The lowest BCUT2D eigenvalue weighted by molar-refractivity contribution is 0.102. The Morgan fingerprint density at radius 2 is 1.91 bits per heavy atom. The van der Waals surface area contributed by atoms with Crippen LogP contribution in [0.1, 0.15) is 29.8 Å². The minimum atomic E-state index is -0.0873. The van der Waals surface area contributed by atoms with Crippen molar-refractivity contribution in [2.24, 2.45) is 0 Å². The van der Waals surface area contributed by atoms with Crippen molar-refractivity contribution in [1.82, 2.24) is 4.90 Å². The van der Waals surface area contributed by atoms with Gasteiger partial charge in [0, 0.05) is 20.3 Å². The Kier molecular flexibility index (Phi) is 7.05. The van der Waals surface area contributed by atoms with E-state index in [1.54, 1.807) is 0 Å². The molecule has 0 aliphatic rings. The molecule has 0 aromatic heterocycles. The smallest absolute Gasteiger partial charge is 0.256 e. The average molecular weight is 487 g/mol. The Morgan fingerprint density at radius 3 is 2.61 bits per heavy atom. The van der Waals surface area contributed by atoms with E-state index >= 15 is 0 Å². The van der Waals surface area contributed by atoms with E-state index in [0.717, 1.165) is 33.4 Å².